The van der Waals surface area contributed by atoms with E-state index >= 15 is 0 Å². The highest BCUT2D eigenvalue weighted by molar-refractivity contribution is 6.01. The van der Waals surface area contributed by atoms with Crippen LogP contribution in [0.1, 0.15) is 25.3 Å². The van der Waals surface area contributed by atoms with Gasteiger partial charge in [0.05, 0.1) is 13.0 Å². The van der Waals surface area contributed by atoms with Gasteiger partial charge in [-0.1, -0.05) is 12.1 Å². The van der Waals surface area contributed by atoms with Crippen LogP contribution >= 0.6 is 0 Å². The van der Waals surface area contributed by atoms with Gasteiger partial charge in [0.1, 0.15) is 11.3 Å². The number of esters is 1. The molecular weight excluding hydrogens is 411 g/mol. The summed E-state index contributed by atoms with van der Waals surface area (Å²) in [4.78, 5) is 30.5. The van der Waals surface area contributed by atoms with Crippen LogP contribution in [0.5, 0.6) is 0 Å². The molecule has 2 amide bonds. The number of benzene rings is 2. The predicted molar refractivity (Wildman–Crippen MR) is 123 cm³/mol. The number of aromatic nitrogens is 1. The molecule has 7 nitrogen and oxygen atoms in total. The van der Waals surface area contributed by atoms with Crippen LogP contribution in [0, 0.1) is 5.82 Å². The molecule has 32 heavy (non-hydrogen) atoms. The molecule has 4 rings (SSSR count). The number of ether oxygens (including phenoxy) is 1. The molecule has 3 aromatic rings. The second kappa shape index (κ2) is 9.64. The standard InChI is InChI=1S/C24H25FN4O3/c1-2-32-22(30)13-16-5-8-18(9-6-16)26-24(31)27-19-14-17-7-10-21(29-11-3-4-12-29)28-23(17)20(25)15-19/h5-10,14-15H,2-4,11-13H2,1H3,(H2,26,27,31). The smallest absolute Gasteiger partial charge is 0.323 e. The highest BCUT2D eigenvalue weighted by Gasteiger charge is 2.15. The molecule has 166 valence electrons. The van der Waals surface area contributed by atoms with Crippen molar-refractivity contribution in [3.63, 3.8) is 0 Å². The summed E-state index contributed by atoms with van der Waals surface area (Å²) < 4.78 is 19.6. The highest BCUT2D eigenvalue weighted by Crippen LogP contribution is 2.26. The van der Waals surface area contributed by atoms with Crippen LogP contribution in [0.25, 0.3) is 10.9 Å². The van der Waals surface area contributed by atoms with Crippen molar-refractivity contribution < 1.29 is 18.7 Å². The first-order chi connectivity index (χ1) is 15.5. The van der Waals surface area contributed by atoms with Crippen LogP contribution in [0.3, 0.4) is 0 Å². The van der Waals surface area contributed by atoms with Crippen molar-refractivity contribution >= 4 is 40.1 Å². The normalized spacial score (nSPS) is 13.2. The Bertz CT molecular complexity index is 1130. The molecule has 0 bridgehead atoms. The zero-order valence-corrected chi connectivity index (χ0v) is 17.9. The average Bonchev–Trinajstić information content (AvgIpc) is 3.30. The molecule has 0 unspecified atom stereocenters. The van der Waals surface area contributed by atoms with Crippen molar-refractivity contribution in [3.8, 4) is 0 Å². The van der Waals surface area contributed by atoms with E-state index in [4.69, 9.17) is 4.74 Å². The Balaban J connectivity index is 1.41. The van der Waals surface area contributed by atoms with Gasteiger partial charge in [0, 0.05) is 29.9 Å². The van der Waals surface area contributed by atoms with Crippen LogP contribution in [0.4, 0.5) is 26.4 Å². The Labute approximate surface area is 185 Å². The minimum absolute atomic E-state index is 0.171. The minimum atomic E-state index is -0.497. The van der Waals surface area contributed by atoms with Crippen LogP contribution < -0.4 is 15.5 Å². The van der Waals surface area contributed by atoms with E-state index in [2.05, 4.69) is 20.5 Å². The fraction of sp³-hybridized carbons (Fsp3) is 0.292. The summed E-state index contributed by atoms with van der Waals surface area (Å²) in [6.07, 6.45) is 2.41. The number of nitrogens with one attached hydrogen (secondary N) is 2. The van der Waals surface area contributed by atoms with Gasteiger partial charge in [-0.05, 0) is 61.7 Å². The van der Waals surface area contributed by atoms with E-state index in [9.17, 15) is 14.0 Å². The SMILES string of the molecule is CCOC(=O)Cc1ccc(NC(=O)Nc2cc(F)c3nc(N4CCCC4)ccc3c2)cc1. The molecule has 1 aliphatic rings. The van der Waals surface area contributed by atoms with Gasteiger partial charge in [-0.15, -0.1) is 0 Å². The molecule has 1 aromatic heterocycles. The molecule has 2 aromatic carbocycles. The van der Waals surface area contributed by atoms with Gasteiger partial charge in [-0.25, -0.2) is 14.2 Å². The molecular formula is C24H25FN4O3. The summed E-state index contributed by atoms with van der Waals surface area (Å²) in [6, 6.07) is 13.0. The molecule has 8 heteroatoms. The van der Waals surface area contributed by atoms with Gasteiger partial charge in [-0.2, -0.15) is 0 Å². The van der Waals surface area contributed by atoms with Crippen molar-refractivity contribution in [1.82, 2.24) is 4.98 Å². The first-order valence-electron chi connectivity index (χ1n) is 10.7. The van der Waals surface area contributed by atoms with E-state index in [1.807, 2.05) is 12.1 Å². The number of pyridine rings is 1. The number of carbonyl (C=O) groups excluding carboxylic acids is 2. The van der Waals surface area contributed by atoms with Gasteiger partial charge >= 0.3 is 12.0 Å². The van der Waals surface area contributed by atoms with E-state index < -0.39 is 11.8 Å². The number of halogens is 1. The first-order valence-corrected chi connectivity index (χ1v) is 10.7. The number of nitrogens with zero attached hydrogens (tertiary/aromatic N) is 2. The van der Waals surface area contributed by atoms with Crippen molar-refractivity contribution in [2.24, 2.45) is 0 Å². The Morgan fingerprint density at radius 2 is 1.75 bits per heavy atom. The minimum Gasteiger partial charge on any atom is -0.466 e. The van der Waals surface area contributed by atoms with Gasteiger partial charge in [0.15, 0.2) is 5.82 Å². The summed E-state index contributed by atoms with van der Waals surface area (Å²) >= 11 is 0. The van der Waals surface area contributed by atoms with Crippen LogP contribution in [-0.4, -0.2) is 36.7 Å². The van der Waals surface area contributed by atoms with E-state index in [0.29, 0.717) is 23.4 Å². The Morgan fingerprint density at radius 3 is 2.47 bits per heavy atom. The second-order valence-corrected chi connectivity index (χ2v) is 7.65. The molecule has 0 atom stereocenters. The number of hydrogen-bond donors (Lipinski definition) is 2. The van der Waals surface area contributed by atoms with E-state index in [0.717, 1.165) is 37.3 Å². The maximum Gasteiger partial charge on any atom is 0.323 e. The maximum absolute atomic E-state index is 14.7. The lowest BCUT2D eigenvalue weighted by Crippen LogP contribution is -2.20. The third-order valence-corrected chi connectivity index (χ3v) is 5.28. The number of hydrogen-bond acceptors (Lipinski definition) is 5. The van der Waals surface area contributed by atoms with Crippen molar-refractivity contribution in [2.45, 2.75) is 26.2 Å². The largest absolute Gasteiger partial charge is 0.466 e. The van der Waals surface area contributed by atoms with Crippen molar-refractivity contribution in [3.05, 3.63) is 59.9 Å². The summed E-state index contributed by atoms with van der Waals surface area (Å²) in [5.41, 5.74) is 1.96. The quantitative estimate of drug-likeness (QED) is 0.546. The van der Waals surface area contributed by atoms with Crippen molar-refractivity contribution in [2.75, 3.05) is 35.2 Å². The topological polar surface area (TPSA) is 83.6 Å². The Kier molecular flexibility index (Phi) is 6.49. The van der Waals surface area contributed by atoms with Gasteiger partial charge in [0.2, 0.25) is 0 Å². The van der Waals surface area contributed by atoms with E-state index in [-0.39, 0.29) is 17.9 Å². The molecule has 2 N–H and O–H groups in total. The van der Waals surface area contributed by atoms with Crippen molar-refractivity contribution in [1.29, 1.82) is 0 Å². The van der Waals surface area contributed by atoms with Gasteiger partial charge in [-0.3, -0.25) is 4.79 Å². The number of fused-ring (bicyclic) bond motifs is 1. The molecule has 0 saturated carbocycles. The van der Waals surface area contributed by atoms with Crippen LogP contribution in [-0.2, 0) is 16.0 Å². The zero-order valence-electron chi connectivity index (χ0n) is 17.9. The van der Waals surface area contributed by atoms with Crippen LogP contribution in [0.15, 0.2) is 48.5 Å². The molecule has 0 spiro atoms. The molecule has 1 aliphatic heterocycles. The number of rotatable bonds is 6. The third-order valence-electron chi connectivity index (χ3n) is 5.28. The Hall–Kier alpha value is -3.68. The lowest BCUT2D eigenvalue weighted by atomic mass is 10.1. The summed E-state index contributed by atoms with van der Waals surface area (Å²) in [7, 11) is 0. The highest BCUT2D eigenvalue weighted by atomic mass is 19.1. The summed E-state index contributed by atoms with van der Waals surface area (Å²) in [6.45, 7) is 3.96. The van der Waals surface area contributed by atoms with Gasteiger partial charge < -0.3 is 20.3 Å². The Morgan fingerprint density at radius 1 is 1.03 bits per heavy atom. The predicted octanol–water partition coefficient (Wildman–Crippen LogP) is 4.72. The molecule has 1 fully saturated rings. The molecule has 0 radical (unpaired) electrons. The number of urea groups is 1. The monoisotopic (exact) mass is 436 g/mol. The third kappa shape index (κ3) is 5.14. The fourth-order valence-corrected chi connectivity index (χ4v) is 3.75. The molecule has 2 heterocycles. The molecule has 0 aliphatic carbocycles. The van der Waals surface area contributed by atoms with Crippen LogP contribution in [0.2, 0.25) is 0 Å². The zero-order chi connectivity index (χ0) is 22.5. The number of carbonyl (C=O) groups is 2. The lowest BCUT2D eigenvalue weighted by molar-refractivity contribution is -0.142. The van der Waals surface area contributed by atoms with Gasteiger partial charge in [0.25, 0.3) is 0 Å². The number of amides is 2. The van der Waals surface area contributed by atoms with E-state index in [1.54, 1.807) is 37.3 Å². The maximum atomic E-state index is 14.7. The van der Waals surface area contributed by atoms with E-state index in [1.165, 1.54) is 6.07 Å². The fourth-order valence-electron chi connectivity index (χ4n) is 3.75. The average molecular weight is 436 g/mol. The lowest BCUT2D eigenvalue weighted by Gasteiger charge is -2.17. The summed E-state index contributed by atoms with van der Waals surface area (Å²) in [5, 5.41) is 5.97. The second-order valence-electron chi connectivity index (χ2n) is 7.65. The first kappa shape index (κ1) is 21.5. The summed E-state index contributed by atoms with van der Waals surface area (Å²) in [5.74, 6) is -0.00718. The molecule has 1 saturated heterocycles. The number of anilines is 3.